The summed E-state index contributed by atoms with van der Waals surface area (Å²) in [6.45, 7) is 4.75. The monoisotopic (exact) mass is 306 g/mol. The molecule has 1 aromatic carbocycles. The molecule has 0 amide bonds. The van der Waals surface area contributed by atoms with E-state index in [-0.39, 0.29) is 6.61 Å². The summed E-state index contributed by atoms with van der Waals surface area (Å²) in [7, 11) is 0. The van der Waals surface area contributed by atoms with E-state index in [9.17, 15) is 5.11 Å². The van der Waals surface area contributed by atoms with Gasteiger partial charge in [0.05, 0.1) is 0 Å². The number of aliphatic hydroxyl groups is 1. The molecule has 1 aromatic heterocycles. The Morgan fingerprint density at radius 1 is 1.29 bits per heavy atom. The van der Waals surface area contributed by atoms with Gasteiger partial charge < -0.3 is 15.6 Å². The van der Waals surface area contributed by atoms with Crippen molar-refractivity contribution in [2.75, 3.05) is 25.4 Å². The summed E-state index contributed by atoms with van der Waals surface area (Å²) >= 11 is 1.74. The van der Waals surface area contributed by atoms with Crippen molar-refractivity contribution in [1.29, 1.82) is 0 Å². The highest BCUT2D eigenvalue weighted by atomic mass is 32.1. The SMILES string of the molecule is CCN(Cc1cccs1)CC(O)COc1ccc(N)cc1. The maximum absolute atomic E-state index is 10.1. The molecule has 114 valence electrons. The molecule has 1 unspecified atom stereocenters. The first-order valence-electron chi connectivity index (χ1n) is 7.08. The molecule has 0 bridgehead atoms. The number of aliphatic hydroxyl groups excluding tert-OH is 1. The molecule has 5 heteroatoms. The molecule has 0 radical (unpaired) electrons. The third-order valence-electron chi connectivity index (χ3n) is 3.20. The first kappa shape index (κ1) is 15.8. The first-order valence-corrected chi connectivity index (χ1v) is 7.96. The number of nitrogen functional groups attached to an aromatic ring is 1. The van der Waals surface area contributed by atoms with Crippen LogP contribution in [0, 0.1) is 0 Å². The number of thiophene rings is 1. The second-order valence-corrected chi connectivity index (χ2v) is 5.97. The molecule has 0 fully saturated rings. The van der Waals surface area contributed by atoms with Crippen LogP contribution in [-0.4, -0.2) is 35.8 Å². The van der Waals surface area contributed by atoms with Crippen molar-refractivity contribution in [3.63, 3.8) is 0 Å². The third-order valence-corrected chi connectivity index (χ3v) is 4.06. The molecule has 0 spiro atoms. The number of anilines is 1. The highest BCUT2D eigenvalue weighted by molar-refractivity contribution is 7.09. The third kappa shape index (κ3) is 5.38. The van der Waals surface area contributed by atoms with Gasteiger partial charge in [0, 0.05) is 23.7 Å². The van der Waals surface area contributed by atoms with Crippen molar-refractivity contribution in [2.45, 2.75) is 19.6 Å². The maximum atomic E-state index is 10.1. The van der Waals surface area contributed by atoms with Gasteiger partial charge >= 0.3 is 0 Å². The Labute approximate surface area is 129 Å². The van der Waals surface area contributed by atoms with E-state index in [0.29, 0.717) is 12.2 Å². The standard InChI is InChI=1S/C16H22N2O2S/c1-2-18(11-16-4-3-9-21-16)10-14(19)12-20-15-7-5-13(17)6-8-15/h3-9,14,19H,2,10-12,17H2,1H3. The fourth-order valence-corrected chi connectivity index (χ4v) is 2.78. The van der Waals surface area contributed by atoms with Crippen molar-refractivity contribution in [1.82, 2.24) is 4.90 Å². The van der Waals surface area contributed by atoms with Gasteiger partial charge in [-0.3, -0.25) is 4.90 Å². The van der Waals surface area contributed by atoms with Crippen LogP contribution < -0.4 is 10.5 Å². The molecule has 0 aliphatic rings. The lowest BCUT2D eigenvalue weighted by Gasteiger charge is -2.23. The van der Waals surface area contributed by atoms with E-state index in [1.807, 2.05) is 12.1 Å². The lowest BCUT2D eigenvalue weighted by molar-refractivity contribution is 0.0678. The van der Waals surface area contributed by atoms with Crippen LogP contribution in [0.5, 0.6) is 5.75 Å². The minimum atomic E-state index is -0.512. The van der Waals surface area contributed by atoms with E-state index in [4.69, 9.17) is 10.5 Å². The molecule has 0 aliphatic carbocycles. The van der Waals surface area contributed by atoms with Crippen molar-refractivity contribution in [2.24, 2.45) is 0 Å². The van der Waals surface area contributed by atoms with Gasteiger partial charge in [-0.1, -0.05) is 13.0 Å². The number of benzene rings is 1. The van der Waals surface area contributed by atoms with Gasteiger partial charge in [-0.05, 0) is 42.3 Å². The highest BCUT2D eigenvalue weighted by Crippen LogP contribution is 2.14. The molecular formula is C16H22N2O2S. The molecule has 2 aromatic rings. The molecule has 1 heterocycles. The van der Waals surface area contributed by atoms with Crippen LogP contribution in [0.15, 0.2) is 41.8 Å². The number of nitrogens with zero attached hydrogens (tertiary/aromatic N) is 1. The smallest absolute Gasteiger partial charge is 0.119 e. The molecule has 3 N–H and O–H groups in total. The van der Waals surface area contributed by atoms with E-state index in [1.165, 1.54) is 4.88 Å². The van der Waals surface area contributed by atoms with Gasteiger partial charge in [-0.15, -0.1) is 11.3 Å². The molecule has 0 aliphatic heterocycles. The average molecular weight is 306 g/mol. The quantitative estimate of drug-likeness (QED) is 0.736. The van der Waals surface area contributed by atoms with Crippen LogP contribution in [0.1, 0.15) is 11.8 Å². The molecule has 0 saturated carbocycles. The van der Waals surface area contributed by atoms with Gasteiger partial charge in [0.1, 0.15) is 18.5 Å². The van der Waals surface area contributed by atoms with Gasteiger partial charge in [0.2, 0.25) is 0 Å². The van der Waals surface area contributed by atoms with Gasteiger partial charge in [-0.25, -0.2) is 0 Å². The summed E-state index contributed by atoms with van der Waals surface area (Å²) in [5.74, 6) is 0.726. The number of rotatable bonds is 8. The van der Waals surface area contributed by atoms with E-state index < -0.39 is 6.10 Å². The molecule has 1 atom stereocenters. The second-order valence-electron chi connectivity index (χ2n) is 4.94. The summed E-state index contributed by atoms with van der Waals surface area (Å²) in [6, 6.07) is 11.4. The molecular weight excluding hydrogens is 284 g/mol. The van der Waals surface area contributed by atoms with Gasteiger partial charge in [0.15, 0.2) is 0 Å². The molecule has 4 nitrogen and oxygen atoms in total. The Morgan fingerprint density at radius 2 is 2.05 bits per heavy atom. The Bertz CT molecular complexity index is 514. The Hall–Kier alpha value is -1.56. The summed E-state index contributed by atoms with van der Waals surface area (Å²) in [5.41, 5.74) is 6.32. The summed E-state index contributed by atoms with van der Waals surface area (Å²) in [4.78, 5) is 3.52. The van der Waals surface area contributed by atoms with Crippen LogP contribution >= 0.6 is 11.3 Å². The summed E-state index contributed by atoms with van der Waals surface area (Å²) in [6.07, 6.45) is -0.512. The lowest BCUT2D eigenvalue weighted by atomic mass is 10.3. The van der Waals surface area contributed by atoms with Gasteiger partial charge in [0.25, 0.3) is 0 Å². The van der Waals surface area contributed by atoms with Crippen molar-refractivity contribution in [3.8, 4) is 5.75 Å². The van der Waals surface area contributed by atoms with Crippen LogP contribution in [-0.2, 0) is 6.54 Å². The number of hydrogen-bond acceptors (Lipinski definition) is 5. The van der Waals surface area contributed by atoms with Crippen LogP contribution in [0.25, 0.3) is 0 Å². The first-order chi connectivity index (χ1) is 10.2. The maximum Gasteiger partial charge on any atom is 0.119 e. The van der Waals surface area contributed by atoms with Crippen molar-refractivity contribution >= 4 is 17.0 Å². The second kappa shape index (κ2) is 8.02. The molecule has 0 saturated heterocycles. The zero-order valence-electron chi connectivity index (χ0n) is 12.2. The fraction of sp³-hybridized carbons (Fsp3) is 0.375. The predicted octanol–water partition coefficient (Wildman–Crippen LogP) is 2.59. The minimum absolute atomic E-state index is 0.283. The Kier molecular flexibility index (Phi) is 6.04. The van der Waals surface area contributed by atoms with Crippen molar-refractivity contribution < 1.29 is 9.84 Å². The normalized spacial score (nSPS) is 12.5. The average Bonchev–Trinajstić information content (AvgIpc) is 2.99. The predicted molar refractivity (Wildman–Crippen MR) is 87.6 cm³/mol. The lowest BCUT2D eigenvalue weighted by Crippen LogP contribution is -2.35. The van der Waals surface area contributed by atoms with Crippen LogP contribution in [0.4, 0.5) is 5.69 Å². The number of hydrogen-bond donors (Lipinski definition) is 2. The van der Waals surface area contributed by atoms with E-state index in [2.05, 4.69) is 29.3 Å². The summed E-state index contributed by atoms with van der Waals surface area (Å²) < 4.78 is 5.57. The zero-order chi connectivity index (χ0) is 15.1. The fourth-order valence-electron chi connectivity index (χ4n) is 2.04. The van der Waals surface area contributed by atoms with E-state index in [0.717, 1.165) is 18.8 Å². The van der Waals surface area contributed by atoms with Gasteiger partial charge in [-0.2, -0.15) is 0 Å². The largest absolute Gasteiger partial charge is 0.491 e. The number of likely N-dealkylation sites (N-methyl/N-ethyl adjacent to an activating group) is 1. The van der Waals surface area contributed by atoms with E-state index in [1.54, 1.807) is 23.5 Å². The molecule has 21 heavy (non-hydrogen) atoms. The number of nitrogens with two attached hydrogens (primary N) is 1. The summed E-state index contributed by atoms with van der Waals surface area (Å²) in [5, 5.41) is 12.2. The van der Waals surface area contributed by atoms with E-state index >= 15 is 0 Å². The zero-order valence-corrected chi connectivity index (χ0v) is 13.1. The minimum Gasteiger partial charge on any atom is -0.491 e. The number of ether oxygens (including phenoxy) is 1. The topological polar surface area (TPSA) is 58.7 Å². The van der Waals surface area contributed by atoms with Crippen LogP contribution in [0.2, 0.25) is 0 Å². The Balaban J connectivity index is 1.76. The Morgan fingerprint density at radius 3 is 2.67 bits per heavy atom. The van der Waals surface area contributed by atoms with Crippen molar-refractivity contribution in [3.05, 3.63) is 46.7 Å². The molecule has 2 rings (SSSR count). The highest BCUT2D eigenvalue weighted by Gasteiger charge is 2.12. The van der Waals surface area contributed by atoms with Crippen LogP contribution in [0.3, 0.4) is 0 Å².